The Bertz CT molecular complexity index is 825. The summed E-state index contributed by atoms with van der Waals surface area (Å²) in [6.45, 7) is 4.00. The van der Waals surface area contributed by atoms with E-state index in [0.717, 1.165) is 19.5 Å². The molecule has 1 aliphatic heterocycles. The molecule has 1 atom stereocenters. The van der Waals surface area contributed by atoms with Gasteiger partial charge in [-0.05, 0) is 49.7 Å². The molecule has 1 N–H and O–H groups in total. The highest BCUT2D eigenvalue weighted by molar-refractivity contribution is 5.37. The highest BCUT2D eigenvalue weighted by Gasteiger charge is 2.33. The minimum absolute atomic E-state index is 0.00332. The van der Waals surface area contributed by atoms with Crippen molar-refractivity contribution in [2.24, 2.45) is 7.05 Å². The van der Waals surface area contributed by atoms with Crippen molar-refractivity contribution in [3.05, 3.63) is 58.1 Å². The van der Waals surface area contributed by atoms with Crippen molar-refractivity contribution < 1.29 is 0 Å². The maximum absolute atomic E-state index is 12.3. The van der Waals surface area contributed by atoms with Crippen LogP contribution in [0.25, 0.3) is 0 Å². The zero-order valence-corrected chi connectivity index (χ0v) is 15.7. The fourth-order valence-electron chi connectivity index (χ4n) is 4.39. The highest BCUT2D eigenvalue weighted by Crippen LogP contribution is 2.38. The summed E-state index contributed by atoms with van der Waals surface area (Å²) in [5.41, 5.74) is 2.91. The van der Waals surface area contributed by atoms with Gasteiger partial charge in [-0.2, -0.15) is 0 Å². The molecule has 4 rings (SSSR count). The third kappa shape index (κ3) is 3.40. The predicted octanol–water partition coefficient (Wildman–Crippen LogP) is 2.59. The van der Waals surface area contributed by atoms with Gasteiger partial charge in [-0.25, -0.2) is 4.98 Å². The van der Waals surface area contributed by atoms with Gasteiger partial charge in [0.15, 0.2) is 5.82 Å². The smallest absolute Gasteiger partial charge is 0.293 e. The van der Waals surface area contributed by atoms with E-state index in [0.29, 0.717) is 23.8 Å². The fraction of sp³-hybridized carbons (Fsp3) is 0.524. The summed E-state index contributed by atoms with van der Waals surface area (Å²) >= 11 is 0. The first-order valence-corrected chi connectivity index (χ1v) is 9.70. The average Bonchev–Trinajstić information content (AvgIpc) is 2.61. The largest absolute Gasteiger partial charge is 0.350 e. The summed E-state index contributed by atoms with van der Waals surface area (Å²) < 4.78 is 1.61. The lowest BCUT2D eigenvalue weighted by Crippen LogP contribution is -2.53. The van der Waals surface area contributed by atoms with Gasteiger partial charge in [-0.3, -0.25) is 4.79 Å². The molecule has 0 unspecified atom stereocenters. The van der Waals surface area contributed by atoms with Gasteiger partial charge in [0.25, 0.3) is 5.56 Å². The molecule has 0 bridgehead atoms. The van der Waals surface area contributed by atoms with E-state index in [1.54, 1.807) is 24.0 Å². The summed E-state index contributed by atoms with van der Waals surface area (Å²) in [5.74, 6) is 1.28. The first-order chi connectivity index (χ1) is 12.6. The molecule has 0 amide bonds. The van der Waals surface area contributed by atoms with Crippen LogP contribution in [0.5, 0.6) is 0 Å². The molecule has 0 radical (unpaired) electrons. The number of nitrogens with one attached hydrogen (secondary N) is 1. The number of benzene rings is 1. The molecule has 2 aromatic rings. The minimum atomic E-state index is -0.00332. The molecule has 5 heteroatoms. The van der Waals surface area contributed by atoms with Crippen LogP contribution < -0.4 is 15.8 Å². The van der Waals surface area contributed by atoms with Crippen LogP contribution in [0, 0.1) is 6.92 Å². The number of aryl methyl sites for hydroxylation is 2. The van der Waals surface area contributed by atoms with Gasteiger partial charge >= 0.3 is 0 Å². The monoisotopic (exact) mass is 352 g/mol. The van der Waals surface area contributed by atoms with E-state index in [-0.39, 0.29) is 5.56 Å². The van der Waals surface area contributed by atoms with Gasteiger partial charge in [-0.15, -0.1) is 0 Å². The van der Waals surface area contributed by atoms with E-state index in [4.69, 9.17) is 0 Å². The number of rotatable bonds is 4. The third-order valence-electron chi connectivity index (χ3n) is 5.96. The Morgan fingerprint density at radius 2 is 2.00 bits per heavy atom. The predicted molar refractivity (Wildman–Crippen MR) is 105 cm³/mol. The lowest BCUT2D eigenvalue weighted by molar-refractivity contribution is 0.250. The van der Waals surface area contributed by atoms with Crippen molar-refractivity contribution >= 4 is 5.82 Å². The zero-order valence-electron chi connectivity index (χ0n) is 15.7. The van der Waals surface area contributed by atoms with E-state index in [9.17, 15) is 4.79 Å². The Hall–Kier alpha value is -2.14. The van der Waals surface area contributed by atoms with Crippen molar-refractivity contribution in [1.82, 2.24) is 14.9 Å². The quantitative estimate of drug-likeness (QED) is 0.919. The Morgan fingerprint density at radius 1 is 1.19 bits per heavy atom. The maximum atomic E-state index is 12.3. The second-order valence-corrected chi connectivity index (χ2v) is 7.84. The van der Waals surface area contributed by atoms with Crippen LogP contribution in [0.2, 0.25) is 0 Å². The van der Waals surface area contributed by atoms with Gasteiger partial charge in [0, 0.05) is 44.6 Å². The summed E-state index contributed by atoms with van der Waals surface area (Å²) in [6.07, 6.45) is 8.14. The maximum Gasteiger partial charge on any atom is 0.293 e. The molecule has 1 saturated heterocycles. The number of hydrogen-bond acceptors (Lipinski definition) is 4. The van der Waals surface area contributed by atoms with E-state index >= 15 is 0 Å². The molecule has 1 saturated carbocycles. The summed E-state index contributed by atoms with van der Waals surface area (Å²) in [4.78, 5) is 18.8. The first kappa shape index (κ1) is 17.3. The van der Waals surface area contributed by atoms with Gasteiger partial charge in [0.2, 0.25) is 0 Å². The molecular formula is C21H28N4O. The average molecular weight is 352 g/mol. The van der Waals surface area contributed by atoms with Crippen LogP contribution in [0.15, 0.2) is 41.5 Å². The fourth-order valence-corrected chi connectivity index (χ4v) is 4.39. The Balaban J connectivity index is 1.34. The summed E-state index contributed by atoms with van der Waals surface area (Å²) in [7, 11) is 1.78. The topological polar surface area (TPSA) is 50.2 Å². The molecule has 1 aromatic carbocycles. The van der Waals surface area contributed by atoms with E-state index in [1.165, 1.54) is 30.4 Å². The van der Waals surface area contributed by atoms with E-state index in [2.05, 4.69) is 46.4 Å². The highest BCUT2D eigenvalue weighted by atomic mass is 16.1. The van der Waals surface area contributed by atoms with Crippen LogP contribution in [-0.4, -0.2) is 34.7 Å². The van der Waals surface area contributed by atoms with Crippen LogP contribution in [0.3, 0.4) is 0 Å². The van der Waals surface area contributed by atoms with Gasteiger partial charge < -0.3 is 14.8 Å². The van der Waals surface area contributed by atoms with Crippen molar-refractivity contribution in [3.63, 3.8) is 0 Å². The molecule has 2 aliphatic rings. The molecule has 1 aliphatic carbocycles. The molecule has 2 heterocycles. The summed E-state index contributed by atoms with van der Waals surface area (Å²) in [6, 6.07) is 9.79. The summed E-state index contributed by atoms with van der Waals surface area (Å²) in [5, 5.41) is 3.83. The van der Waals surface area contributed by atoms with Crippen molar-refractivity contribution in [2.45, 2.75) is 50.6 Å². The first-order valence-electron chi connectivity index (χ1n) is 9.70. The van der Waals surface area contributed by atoms with Crippen LogP contribution in [-0.2, 0) is 7.05 Å². The second-order valence-electron chi connectivity index (χ2n) is 7.84. The van der Waals surface area contributed by atoms with Crippen LogP contribution in [0.4, 0.5) is 5.82 Å². The Morgan fingerprint density at radius 3 is 2.81 bits per heavy atom. The minimum Gasteiger partial charge on any atom is -0.350 e. The van der Waals surface area contributed by atoms with Crippen molar-refractivity contribution in [2.75, 3.05) is 18.0 Å². The van der Waals surface area contributed by atoms with Crippen molar-refractivity contribution in [1.29, 1.82) is 0 Å². The zero-order chi connectivity index (χ0) is 18.1. The van der Waals surface area contributed by atoms with E-state index in [1.807, 2.05) is 0 Å². The number of aromatic nitrogens is 2. The van der Waals surface area contributed by atoms with Crippen LogP contribution >= 0.6 is 0 Å². The molecule has 0 spiro atoms. The van der Waals surface area contributed by atoms with Gasteiger partial charge in [0.05, 0.1) is 0 Å². The Kier molecular flexibility index (Phi) is 4.81. The number of piperidine rings is 1. The molecule has 2 fully saturated rings. The molecule has 26 heavy (non-hydrogen) atoms. The standard InChI is InChI=1S/C21H28N4O/c1-15-6-3-4-8-19(15)16-12-18(13-16)23-17-7-5-10-25(14-17)20-21(26)24(2)11-9-22-20/h3-4,6,8-9,11,16-18,23H,5,7,10,12-14H2,1-2H3/t16?,17-,18?/m0/s1. The SMILES string of the molecule is Cc1ccccc1C1CC(N[C@H]2CCCN(c3nccn(C)c3=O)C2)C1. The lowest BCUT2D eigenvalue weighted by Gasteiger charge is -2.42. The Labute approximate surface area is 155 Å². The van der Waals surface area contributed by atoms with Gasteiger partial charge in [-0.1, -0.05) is 24.3 Å². The van der Waals surface area contributed by atoms with Crippen LogP contribution in [0.1, 0.15) is 42.7 Å². The second kappa shape index (κ2) is 7.23. The lowest BCUT2D eigenvalue weighted by atomic mass is 9.74. The van der Waals surface area contributed by atoms with Crippen molar-refractivity contribution in [3.8, 4) is 0 Å². The molecule has 5 nitrogen and oxygen atoms in total. The van der Waals surface area contributed by atoms with Gasteiger partial charge in [0.1, 0.15) is 0 Å². The third-order valence-corrected chi connectivity index (χ3v) is 5.96. The molecule has 138 valence electrons. The number of anilines is 1. The number of hydrogen-bond donors (Lipinski definition) is 1. The molecular weight excluding hydrogens is 324 g/mol. The molecule has 1 aromatic heterocycles. The normalized spacial score (nSPS) is 25.8. The van der Waals surface area contributed by atoms with E-state index < -0.39 is 0 Å². The number of nitrogens with zero attached hydrogens (tertiary/aromatic N) is 3.